The monoisotopic (exact) mass is 451 g/mol. The molecule has 2 heterocycles. The van der Waals surface area contributed by atoms with Crippen LogP contribution in [-0.2, 0) is 9.59 Å². The Balaban J connectivity index is 1.31. The van der Waals surface area contributed by atoms with Crippen molar-refractivity contribution < 1.29 is 14.3 Å². The van der Waals surface area contributed by atoms with Crippen molar-refractivity contribution in [3.63, 3.8) is 0 Å². The van der Waals surface area contributed by atoms with E-state index in [4.69, 9.17) is 4.74 Å². The molecule has 2 fully saturated rings. The van der Waals surface area contributed by atoms with Crippen LogP contribution in [0.4, 0.5) is 5.82 Å². The zero-order valence-corrected chi connectivity index (χ0v) is 19.7. The van der Waals surface area contributed by atoms with Crippen molar-refractivity contribution >= 4 is 17.6 Å². The first-order chi connectivity index (χ1) is 16.0. The second-order valence-corrected chi connectivity index (χ2v) is 9.06. The molecular weight excluding hydrogens is 418 g/mol. The van der Waals surface area contributed by atoms with Crippen molar-refractivity contribution in [1.82, 2.24) is 20.0 Å². The molecule has 0 atom stereocenters. The Morgan fingerprint density at radius 2 is 1.73 bits per heavy atom. The highest BCUT2D eigenvalue weighted by Gasteiger charge is 2.33. The van der Waals surface area contributed by atoms with Crippen LogP contribution < -0.4 is 9.64 Å². The quantitative estimate of drug-likeness (QED) is 0.644. The van der Waals surface area contributed by atoms with E-state index in [1.807, 2.05) is 55.1 Å². The third kappa shape index (κ3) is 5.26. The van der Waals surface area contributed by atoms with Crippen molar-refractivity contribution in [3.05, 3.63) is 36.4 Å². The molecule has 0 bridgehead atoms. The molecule has 2 aliphatic rings. The number of methoxy groups -OCH3 is 1. The van der Waals surface area contributed by atoms with E-state index >= 15 is 0 Å². The van der Waals surface area contributed by atoms with Crippen molar-refractivity contribution in [1.29, 1.82) is 0 Å². The highest BCUT2D eigenvalue weighted by atomic mass is 16.5. The predicted octanol–water partition coefficient (Wildman–Crippen LogP) is 2.84. The number of benzene rings is 1. The maximum Gasteiger partial charge on any atom is 0.242 e. The summed E-state index contributed by atoms with van der Waals surface area (Å²) in [6, 6.07) is 11.7. The molecule has 0 N–H and O–H groups in total. The number of carbonyl (C=O) groups excluding carboxylic acids is 2. The number of anilines is 1. The van der Waals surface area contributed by atoms with E-state index in [2.05, 4.69) is 15.1 Å². The van der Waals surface area contributed by atoms with Gasteiger partial charge in [-0.2, -0.15) is 0 Å². The molecule has 176 valence electrons. The molecule has 0 radical (unpaired) electrons. The minimum Gasteiger partial charge on any atom is -0.497 e. The number of ether oxygens (including phenoxy) is 1. The van der Waals surface area contributed by atoms with E-state index in [1.54, 1.807) is 12.0 Å². The van der Waals surface area contributed by atoms with Crippen molar-refractivity contribution in [2.45, 2.75) is 39.2 Å². The van der Waals surface area contributed by atoms with Crippen LogP contribution >= 0.6 is 0 Å². The van der Waals surface area contributed by atoms with Gasteiger partial charge in [0.2, 0.25) is 11.8 Å². The molecule has 0 unspecified atom stereocenters. The predicted molar refractivity (Wildman–Crippen MR) is 127 cm³/mol. The zero-order valence-electron chi connectivity index (χ0n) is 19.7. The second-order valence-electron chi connectivity index (χ2n) is 9.06. The van der Waals surface area contributed by atoms with Gasteiger partial charge in [0.05, 0.1) is 19.3 Å². The maximum absolute atomic E-state index is 12.9. The van der Waals surface area contributed by atoms with E-state index < -0.39 is 0 Å². The average Bonchev–Trinajstić information content (AvgIpc) is 2.81. The van der Waals surface area contributed by atoms with Crippen molar-refractivity contribution in [2.24, 2.45) is 5.92 Å². The molecule has 1 saturated carbocycles. The van der Waals surface area contributed by atoms with E-state index in [1.165, 1.54) is 0 Å². The van der Waals surface area contributed by atoms with Gasteiger partial charge < -0.3 is 19.4 Å². The van der Waals surface area contributed by atoms with Gasteiger partial charge in [0, 0.05) is 43.7 Å². The SMILES string of the molecule is COc1ccc(-c2ccc(N3CCN(C(=O)CN(C(=O)C4CCC4)C(C)C)CC3)nn2)cc1. The molecule has 4 rings (SSSR count). The summed E-state index contributed by atoms with van der Waals surface area (Å²) < 4.78 is 5.20. The van der Waals surface area contributed by atoms with Gasteiger partial charge in [-0.25, -0.2) is 0 Å². The number of carbonyl (C=O) groups is 2. The molecule has 2 aromatic rings. The minimum absolute atomic E-state index is 0.0250. The lowest BCUT2D eigenvalue weighted by atomic mass is 9.84. The van der Waals surface area contributed by atoms with Crippen LogP contribution in [0.25, 0.3) is 11.3 Å². The summed E-state index contributed by atoms with van der Waals surface area (Å²) in [7, 11) is 1.64. The van der Waals surface area contributed by atoms with Gasteiger partial charge in [-0.15, -0.1) is 10.2 Å². The highest BCUT2D eigenvalue weighted by molar-refractivity contribution is 5.86. The fraction of sp³-hybridized carbons (Fsp3) is 0.520. The molecule has 1 aliphatic carbocycles. The van der Waals surface area contributed by atoms with Gasteiger partial charge >= 0.3 is 0 Å². The topological polar surface area (TPSA) is 78.9 Å². The van der Waals surface area contributed by atoms with Crippen molar-refractivity contribution in [2.75, 3.05) is 44.7 Å². The van der Waals surface area contributed by atoms with Gasteiger partial charge in [-0.05, 0) is 63.1 Å². The molecule has 1 saturated heterocycles. The zero-order chi connectivity index (χ0) is 23.4. The number of rotatable bonds is 7. The fourth-order valence-corrected chi connectivity index (χ4v) is 4.24. The summed E-state index contributed by atoms with van der Waals surface area (Å²) >= 11 is 0. The van der Waals surface area contributed by atoms with Gasteiger partial charge in [-0.3, -0.25) is 9.59 Å². The van der Waals surface area contributed by atoms with Crippen LogP contribution in [0.15, 0.2) is 36.4 Å². The van der Waals surface area contributed by atoms with Crippen LogP contribution in [-0.4, -0.2) is 77.7 Å². The number of nitrogens with zero attached hydrogens (tertiary/aromatic N) is 5. The number of hydrogen-bond acceptors (Lipinski definition) is 6. The van der Waals surface area contributed by atoms with Crippen LogP contribution in [0, 0.1) is 5.92 Å². The molecule has 1 aliphatic heterocycles. The lowest BCUT2D eigenvalue weighted by molar-refractivity contribution is -0.146. The number of piperazine rings is 1. The highest BCUT2D eigenvalue weighted by Crippen LogP contribution is 2.29. The molecule has 8 heteroatoms. The van der Waals surface area contributed by atoms with Gasteiger partial charge in [0.25, 0.3) is 0 Å². The van der Waals surface area contributed by atoms with E-state index in [0.29, 0.717) is 26.2 Å². The molecule has 1 aromatic carbocycles. The fourth-order valence-electron chi connectivity index (χ4n) is 4.24. The first kappa shape index (κ1) is 23.0. The first-order valence-electron chi connectivity index (χ1n) is 11.8. The standard InChI is InChI=1S/C25H33N5O3/c1-18(2)30(25(32)20-5-4-6-20)17-24(31)29-15-13-28(14-16-29)23-12-11-22(26-27-23)19-7-9-21(33-3)10-8-19/h7-12,18,20H,4-6,13-17H2,1-3H3. The van der Waals surface area contributed by atoms with Gasteiger partial charge in [-0.1, -0.05) is 6.42 Å². The molecule has 1 aromatic heterocycles. The number of aromatic nitrogens is 2. The summed E-state index contributed by atoms with van der Waals surface area (Å²) in [5, 5.41) is 8.79. The Hall–Kier alpha value is -3.16. The molecular formula is C25H33N5O3. The Morgan fingerprint density at radius 3 is 2.24 bits per heavy atom. The normalized spacial score (nSPS) is 16.5. The summed E-state index contributed by atoms with van der Waals surface area (Å²) in [5.41, 5.74) is 1.79. The average molecular weight is 452 g/mol. The van der Waals surface area contributed by atoms with Gasteiger partial charge in [0.15, 0.2) is 5.82 Å². The minimum atomic E-state index is 0.0250. The maximum atomic E-state index is 12.9. The van der Waals surface area contributed by atoms with E-state index in [9.17, 15) is 9.59 Å². The molecule has 0 spiro atoms. The lowest BCUT2D eigenvalue weighted by Gasteiger charge is -2.38. The molecule has 2 amide bonds. The Kier molecular flexibility index (Phi) is 7.11. The van der Waals surface area contributed by atoms with E-state index in [-0.39, 0.29) is 30.3 Å². The molecule has 8 nitrogen and oxygen atoms in total. The Bertz CT molecular complexity index is 949. The summed E-state index contributed by atoms with van der Waals surface area (Å²) in [6.45, 7) is 6.76. The summed E-state index contributed by atoms with van der Waals surface area (Å²) in [5.74, 6) is 1.88. The van der Waals surface area contributed by atoms with Crippen LogP contribution in [0.1, 0.15) is 33.1 Å². The Labute approximate surface area is 195 Å². The third-order valence-electron chi connectivity index (χ3n) is 6.66. The smallest absolute Gasteiger partial charge is 0.242 e. The third-order valence-corrected chi connectivity index (χ3v) is 6.66. The number of amides is 2. The first-order valence-corrected chi connectivity index (χ1v) is 11.8. The van der Waals surface area contributed by atoms with Gasteiger partial charge in [0.1, 0.15) is 5.75 Å². The number of hydrogen-bond donors (Lipinski definition) is 0. The Morgan fingerprint density at radius 1 is 1.03 bits per heavy atom. The van der Waals surface area contributed by atoms with Crippen LogP contribution in [0.2, 0.25) is 0 Å². The summed E-state index contributed by atoms with van der Waals surface area (Å²) in [4.78, 5) is 31.4. The lowest BCUT2D eigenvalue weighted by Crippen LogP contribution is -2.53. The summed E-state index contributed by atoms with van der Waals surface area (Å²) in [6.07, 6.45) is 3.02. The van der Waals surface area contributed by atoms with E-state index in [0.717, 1.165) is 42.1 Å². The molecule has 33 heavy (non-hydrogen) atoms. The van der Waals surface area contributed by atoms with Crippen molar-refractivity contribution in [3.8, 4) is 17.0 Å². The van der Waals surface area contributed by atoms with Crippen LogP contribution in [0.5, 0.6) is 5.75 Å². The largest absolute Gasteiger partial charge is 0.497 e. The second kappa shape index (κ2) is 10.2. The van der Waals surface area contributed by atoms with Crippen LogP contribution in [0.3, 0.4) is 0 Å².